The number of aromatic nitrogens is 2. The summed E-state index contributed by atoms with van der Waals surface area (Å²) in [7, 11) is 0. The summed E-state index contributed by atoms with van der Waals surface area (Å²) in [4.78, 5) is 0. The number of benzene rings is 1. The molecule has 3 rings (SSSR count). The smallest absolute Gasteiger partial charge is 0.119 e. The molecule has 0 spiro atoms. The van der Waals surface area contributed by atoms with Crippen molar-refractivity contribution in [3.05, 3.63) is 42.1 Å². The lowest BCUT2D eigenvalue weighted by atomic mass is 9.78. The summed E-state index contributed by atoms with van der Waals surface area (Å²) in [5, 5.41) is 8.93. The summed E-state index contributed by atoms with van der Waals surface area (Å²) in [5.74, 6) is 2.78. The molecule has 1 heterocycles. The molecule has 1 fully saturated rings. The average Bonchev–Trinajstić information content (AvgIpc) is 2.75. The molecule has 3 heteroatoms. The van der Waals surface area contributed by atoms with Crippen LogP contribution in [0.4, 0.5) is 0 Å². The first-order valence-electron chi connectivity index (χ1n) is 11.3. The summed E-state index contributed by atoms with van der Waals surface area (Å²) in [6, 6.07) is 12.3. The molecule has 3 nitrogen and oxygen atoms in total. The molecule has 0 N–H and O–H groups in total. The third kappa shape index (κ3) is 6.32. The number of ether oxygens (including phenoxy) is 1. The van der Waals surface area contributed by atoms with Crippen LogP contribution < -0.4 is 4.74 Å². The maximum atomic E-state index is 5.50. The maximum absolute atomic E-state index is 5.50. The zero-order valence-electron chi connectivity index (χ0n) is 17.7. The van der Waals surface area contributed by atoms with Crippen LogP contribution >= 0.6 is 0 Å². The Morgan fingerprint density at radius 1 is 0.821 bits per heavy atom. The molecule has 1 saturated carbocycles. The SMILES string of the molecule is CCCCCC1CCC(CCc2ccc(-c3ccc(OCC)cc3)nn2)CC1. The summed E-state index contributed by atoms with van der Waals surface area (Å²) in [5.41, 5.74) is 3.14. The highest BCUT2D eigenvalue weighted by Gasteiger charge is 2.20. The lowest BCUT2D eigenvalue weighted by Gasteiger charge is -2.28. The van der Waals surface area contributed by atoms with E-state index in [9.17, 15) is 0 Å². The van der Waals surface area contributed by atoms with Crippen LogP contribution in [0.2, 0.25) is 0 Å². The van der Waals surface area contributed by atoms with Gasteiger partial charge in [-0.2, -0.15) is 10.2 Å². The minimum absolute atomic E-state index is 0.689. The van der Waals surface area contributed by atoms with Crippen LogP contribution in [-0.2, 0) is 6.42 Å². The van der Waals surface area contributed by atoms with Gasteiger partial charge in [0.15, 0.2) is 0 Å². The van der Waals surface area contributed by atoms with E-state index in [4.69, 9.17) is 4.74 Å². The second-order valence-electron chi connectivity index (χ2n) is 8.29. The predicted octanol–water partition coefficient (Wildman–Crippen LogP) is 6.86. The van der Waals surface area contributed by atoms with Gasteiger partial charge in [-0.3, -0.25) is 0 Å². The molecule has 152 valence electrons. The fourth-order valence-electron chi connectivity index (χ4n) is 4.38. The normalized spacial score (nSPS) is 19.5. The Morgan fingerprint density at radius 2 is 1.54 bits per heavy atom. The maximum Gasteiger partial charge on any atom is 0.119 e. The number of nitrogens with zero attached hydrogens (tertiary/aromatic N) is 2. The van der Waals surface area contributed by atoms with Gasteiger partial charge in [0.25, 0.3) is 0 Å². The van der Waals surface area contributed by atoms with Crippen LogP contribution in [0.15, 0.2) is 36.4 Å². The first-order valence-corrected chi connectivity index (χ1v) is 11.3. The van der Waals surface area contributed by atoms with Crippen molar-refractivity contribution in [3.63, 3.8) is 0 Å². The monoisotopic (exact) mass is 380 g/mol. The van der Waals surface area contributed by atoms with E-state index >= 15 is 0 Å². The predicted molar refractivity (Wildman–Crippen MR) is 117 cm³/mol. The lowest BCUT2D eigenvalue weighted by molar-refractivity contribution is 0.248. The highest BCUT2D eigenvalue weighted by atomic mass is 16.5. The van der Waals surface area contributed by atoms with E-state index in [0.717, 1.165) is 41.0 Å². The first-order chi connectivity index (χ1) is 13.8. The quantitative estimate of drug-likeness (QED) is 0.422. The van der Waals surface area contributed by atoms with Crippen LogP contribution in [0.1, 0.15) is 77.3 Å². The van der Waals surface area contributed by atoms with Crippen LogP contribution in [0.5, 0.6) is 5.75 Å². The molecule has 1 aliphatic rings. The van der Waals surface area contributed by atoms with E-state index in [1.54, 1.807) is 0 Å². The third-order valence-corrected chi connectivity index (χ3v) is 6.17. The number of aryl methyl sites for hydroxylation is 1. The van der Waals surface area contributed by atoms with E-state index in [2.05, 4.69) is 29.3 Å². The molecule has 0 atom stereocenters. The summed E-state index contributed by atoms with van der Waals surface area (Å²) in [6.07, 6.45) is 13.7. The number of unbranched alkanes of at least 4 members (excludes halogenated alkanes) is 2. The van der Waals surface area contributed by atoms with Gasteiger partial charge in [-0.1, -0.05) is 58.3 Å². The van der Waals surface area contributed by atoms with Crippen molar-refractivity contribution in [2.75, 3.05) is 6.61 Å². The van der Waals surface area contributed by atoms with Gasteiger partial charge in [0.2, 0.25) is 0 Å². The van der Waals surface area contributed by atoms with Crippen molar-refractivity contribution in [2.24, 2.45) is 11.8 Å². The highest BCUT2D eigenvalue weighted by Crippen LogP contribution is 2.34. The molecule has 28 heavy (non-hydrogen) atoms. The van der Waals surface area contributed by atoms with Gasteiger partial charge < -0.3 is 4.74 Å². The van der Waals surface area contributed by atoms with Crippen molar-refractivity contribution in [1.29, 1.82) is 0 Å². The van der Waals surface area contributed by atoms with Gasteiger partial charge in [-0.25, -0.2) is 0 Å². The van der Waals surface area contributed by atoms with Crippen LogP contribution in [0.25, 0.3) is 11.3 Å². The Labute approximate surface area is 170 Å². The minimum Gasteiger partial charge on any atom is -0.494 e. The molecule has 0 aliphatic heterocycles. The summed E-state index contributed by atoms with van der Waals surface area (Å²) in [6.45, 7) is 4.98. The summed E-state index contributed by atoms with van der Waals surface area (Å²) < 4.78 is 5.50. The minimum atomic E-state index is 0.689. The molecule has 1 aromatic heterocycles. The van der Waals surface area contributed by atoms with Crippen LogP contribution in [0.3, 0.4) is 0 Å². The molecule has 0 unspecified atom stereocenters. The standard InChI is InChI=1S/C25H36N2O/c1-3-5-6-7-20-8-10-21(11-9-20)12-15-23-16-19-25(27-26-23)22-13-17-24(18-14-22)28-4-2/h13-14,16-21H,3-12,15H2,1-2H3. The lowest BCUT2D eigenvalue weighted by Crippen LogP contribution is -2.15. The van der Waals surface area contributed by atoms with E-state index < -0.39 is 0 Å². The fourth-order valence-corrected chi connectivity index (χ4v) is 4.38. The Kier molecular flexibility index (Phi) is 8.32. The van der Waals surface area contributed by atoms with Gasteiger partial charge in [-0.15, -0.1) is 0 Å². The number of hydrogen-bond acceptors (Lipinski definition) is 3. The van der Waals surface area contributed by atoms with Crippen LogP contribution in [-0.4, -0.2) is 16.8 Å². The van der Waals surface area contributed by atoms with Gasteiger partial charge >= 0.3 is 0 Å². The average molecular weight is 381 g/mol. The third-order valence-electron chi connectivity index (χ3n) is 6.17. The Balaban J connectivity index is 1.42. The topological polar surface area (TPSA) is 35.0 Å². The first kappa shape index (κ1) is 20.8. The number of hydrogen-bond donors (Lipinski definition) is 0. The van der Waals surface area contributed by atoms with Crippen LogP contribution in [0, 0.1) is 11.8 Å². The van der Waals surface area contributed by atoms with Crippen molar-refractivity contribution in [2.45, 2.75) is 78.1 Å². The Morgan fingerprint density at radius 3 is 2.14 bits per heavy atom. The second-order valence-corrected chi connectivity index (χ2v) is 8.29. The number of rotatable bonds is 10. The van der Waals surface area contributed by atoms with Crippen molar-refractivity contribution in [3.8, 4) is 17.0 Å². The molecule has 1 aliphatic carbocycles. The molecule has 2 aromatic rings. The zero-order chi connectivity index (χ0) is 19.6. The highest BCUT2D eigenvalue weighted by molar-refractivity contribution is 5.59. The van der Waals surface area contributed by atoms with Gasteiger partial charge in [-0.05, 0) is 68.0 Å². The fraction of sp³-hybridized carbons (Fsp3) is 0.600. The van der Waals surface area contributed by atoms with Crippen molar-refractivity contribution >= 4 is 0 Å². The zero-order valence-corrected chi connectivity index (χ0v) is 17.7. The largest absolute Gasteiger partial charge is 0.494 e. The molecule has 1 aromatic carbocycles. The molecule has 0 radical (unpaired) electrons. The van der Waals surface area contributed by atoms with Gasteiger partial charge in [0.1, 0.15) is 5.75 Å². The van der Waals surface area contributed by atoms with Crippen molar-refractivity contribution < 1.29 is 4.74 Å². The summed E-state index contributed by atoms with van der Waals surface area (Å²) >= 11 is 0. The van der Waals surface area contributed by atoms with E-state index in [0.29, 0.717) is 6.61 Å². The van der Waals surface area contributed by atoms with Crippen molar-refractivity contribution in [1.82, 2.24) is 10.2 Å². The molecule has 0 amide bonds. The molecule has 0 saturated heterocycles. The Hall–Kier alpha value is -1.90. The van der Waals surface area contributed by atoms with Gasteiger partial charge in [0.05, 0.1) is 18.0 Å². The van der Waals surface area contributed by atoms with E-state index in [1.165, 1.54) is 57.8 Å². The van der Waals surface area contributed by atoms with E-state index in [1.807, 2.05) is 31.2 Å². The second kappa shape index (κ2) is 11.2. The molecular formula is C25H36N2O. The molecular weight excluding hydrogens is 344 g/mol. The van der Waals surface area contributed by atoms with Gasteiger partial charge in [0, 0.05) is 5.56 Å². The van der Waals surface area contributed by atoms with E-state index in [-0.39, 0.29) is 0 Å². The molecule has 0 bridgehead atoms. The Bertz CT molecular complexity index is 673.